The van der Waals surface area contributed by atoms with Crippen LogP contribution in [0.4, 0.5) is 0 Å². The lowest BCUT2D eigenvalue weighted by atomic mass is 10.1. The molecule has 0 aliphatic carbocycles. The molecule has 0 spiro atoms. The van der Waals surface area contributed by atoms with E-state index in [1.807, 2.05) is 24.3 Å². The van der Waals surface area contributed by atoms with Crippen molar-refractivity contribution in [3.8, 4) is 5.75 Å². The van der Waals surface area contributed by atoms with E-state index < -0.39 is 5.91 Å². The lowest BCUT2D eigenvalue weighted by Gasteiger charge is -2.16. The molecule has 1 atom stereocenters. The molecular weight excluding hydrogens is 320 g/mol. The monoisotopic (exact) mass is 348 g/mol. The van der Waals surface area contributed by atoms with Crippen molar-refractivity contribution < 1.29 is 19.1 Å². The summed E-state index contributed by atoms with van der Waals surface area (Å²) in [5.74, 6) is 0.571. The number of unbranched alkanes of at least 4 members (excludes halogenated alkanes) is 2. The lowest BCUT2D eigenvalue weighted by Crippen LogP contribution is -2.34. The minimum absolute atomic E-state index is 0.206. The largest absolute Gasteiger partial charge is 0.491 e. The highest BCUT2D eigenvalue weighted by Crippen LogP contribution is 2.15. The molecule has 2 amide bonds. The molecule has 0 saturated heterocycles. The van der Waals surface area contributed by atoms with E-state index in [1.54, 1.807) is 6.92 Å². The molecule has 0 heterocycles. The van der Waals surface area contributed by atoms with Gasteiger partial charge in [-0.25, -0.2) is 0 Å². The molecule has 0 bridgehead atoms. The van der Waals surface area contributed by atoms with Crippen LogP contribution in [0.5, 0.6) is 5.75 Å². The molecule has 138 valence electrons. The zero-order chi connectivity index (χ0) is 18.5. The Bertz CT molecular complexity index is 543. The van der Waals surface area contributed by atoms with E-state index in [4.69, 9.17) is 10.5 Å². The molecule has 1 unspecified atom stereocenters. The molecule has 6 heteroatoms. The fourth-order valence-corrected chi connectivity index (χ4v) is 2.46. The predicted molar refractivity (Wildman–Crippen MR) is 96.2 cm³/mol. The number of hydrogen-bond acceptors (Lipinski definition) is 4. The van der Waals surface area contributed by atoms with E-state index in [1.165, 1.54) is 5.56 Å². The second-order valence-corrected chi connectivity index (χ2v) is 6.20. The fraction of sp³-hybridized carbons (Fsp3) is 0.526. The molecule has 1 aromatic rings. The second-order valence-electron chi connectivity index (χ2n) is 6.20. The standard InChI is InChI=1S/C19H28N2O4/c1-15(23)5-3-2-4-6-16-7-10-18(11-8-16)25-13-17(21-14-22)9-12-19(20)24/h7-8,10-11,14,17H,2-6,9,12-13H2,1H3,(H2,20,24)(H,21,22). The van der Waals surface area contributed by atoms with E-state index in [0.717, 1.165) is 31.4 Å². The molecule has 0 aliphatic heterocycles. The molecule has 0 aliphatic rings. The van der Waals surface area contributed by atoms with Gasteiger partial charge in [0.15, 0.2) is 0 Å². The van der Waals surface area contributed by atoms with Crippen LogP contribution in [0, 0.1) is 0 Å². The number of amides is 2. The smallest absolute Gasteiger partial charge is 0.217 e. The van der Waals surface area contributed by atoms with Crippen molar-refractivity contribution in [2.45, 2.75) is 57.9 Å². The van der Waals surface area contributed by atoms with Crippen LogP contribution < -0.4 is 15.8 Å². The first-order chi connectivity index (χ1) is 12.0. The van der Waals surface area contributed by atoms with E-state index in [2.05, 4.69) is 5.32 Å². The Morgan fingerprint density at radius 2 is 1.88 bits per heavy atom. The van der Waals surface area contributed by atoms with Gasteiger partial charge in [0.1, 0.15) is 18.1 Å². The normalized spacial score (nSPS) is 11.6. The Morgan fingerprint density at radius 1 is 1.16 bits per heavy atom. The van der Waals surface area contributed by atoms with Gasteiger partial charge in [-0.2, -0.15) is 0 Å². The first-order valence-electron chi connectivity index (χ1n) is 8.70. The number of hydrogen-bond donors (Lipinski definition) is 2. The average molecular weight is 348 g/mol. The van der Waals surface area contributed by atoms with Gasteiger partial charge in [0.2, 0.25) is 12.3 Å². The van der Waals surface area contributed by atoms with Crippen LogP contribution >= 0.6 is 0 Å². The van der Waals surface area contributed by atoms with Gasteiger partial charge in [0.25, 0.3) is 0 Å². The summed E-state index contributed by atoms with van der Waals surface area (Å²) in [5, 5.41) is 2.63. The average Bonchev–Trinajstić information content (AvgIpc) is 2.57. The summed E-state index contributed by atoms with van der Waals surface area (Å²) >= 11 is 0. The fourth-order valence-electron chi connectivity index (χ4n) is 2.46. The molecule has 6 nitrogen and oxygen atoms in total. The van der Waals surface area contributed by atoms with Gasteiger partial charge >= 0.3 is 0 Å². The molecule has 0 saturated carbocycles. The number of rotatable bonds is 14. The van der Waals surface area contributed by atoms with Gasteiger partial charge in [0, 0.05) is 12.8 Å². The minimum atomic E-state index is -0.398. The SMILES string of the molecule is CC(=O)CCCCCc1ccc(OCC(CCC(N)=O)NC=O)cc1. The zero-order valence-corrected chi connectivity index (χ0v) is 14.8. The Hall–Kier alpha value is -2.37. The van der Waals surface area contributed by atoms with E-state index in [9.17, 15) is 14.4 Å². The maximum Gasteiger partial charge on any atom is 0.217 e. The van der Waals surface area contributed by atoms with Crippen LogP contribution in [0.2, 0.25) is 0 Å². The highest BCUT2D eigenvalue weighted by atomic mass is 16.5. The molecule has 1 aromatic carbocycles. The third-order valence-corrected chi connectivity index (χ3v) is 3.91. The maximum atomic E-state index is 10.9. The number of ether oxygens (including phenoxy) is 1. The minimum Gasteiger partial charge on any atom is -0.491 e. The van der Waals surface area contributed by atoms with Crippen LogP contribution in [0.15, 0.2) is 24.3 Å². The van der Waals surface area contributed by atoms with E-state index in [-0.39, 0.29) is 24.9 Å². The van der Waals surface area contributed by atoms with Crippen molar-refractivity contribution in [2.24, 2.45) is 5.73 Å². The molecule has 25 heavy (non-hydrogen) atoms. The van der Waals surface area contributed by atoms with Crippen molar-refractivity contribution in [1.82, 2.24) is 5.32 Å². The number of carbonyl (C=O) groups is 3. The summed E-state index contributed by atoms with van der Waals surface area (Å²) in [6.45, 7) is 1.91. The topological polar surface area (TPSA) is 98.5 Å². The Morgan fingerprint density at radius 3 is 2.48 bits per heavy atom. The third-order valence-electron chi connectivity index (χ3n) is 3.91. The van der Waals surface area contributed by atoms with Gasteiger partial charge in [-0.15, -0.1) is 0 Å². The van der Waals surface area contributed by atoms with E-state index in [0.29, 0.717) is 19.3 Å². The molecule has 0 fully saturated rings. The zero-order valence-electron chi connectivity index (χ0n) is 14.8. The first kappa shape index (κ1) is 20.7. The number of carbonyl (C=O) groups excluding carboxylic acids is 3. The summed E-state index contributed by atoms with van der Waals surface area (Å²) < 4.78 is 5.67. The highest BCUT2D eigenvalue weighted by Gasteiger charge is 2.10. The number of aryl methyl sites for hydroxylation is 1. The number of nitrogens with one attached hydrogen (secondary N) is 1. The quantitative estimate of drug-likeness (QED) is 0.397. The number of primary amides is 1. The summed E-state index contributed by atoms with van der Waals surface area (Å²) in [5.41, 5.74) is 6.35. The van der Waals surface area contributed by atoms with Crippen molar-refractivity contribution in [2.75, 3.05) is 6.61 Å². The van der Waals surface area contributed by atoms with E-state index >= 15 is 0 Å². The van der Waals surface area contributed by atoms with Crippen LogP contribution in [-0.2, 0) is 20.8 Å². The molecular formula is C19H28N2O4. The van der Waals surface area contributed by atoms with Gasteiger partial charge in [0.05, 0.1) is 6.04 Å². The van der Waals surface area contributed by atoms with Gasteiger partial charge < -0.3 is 20.6 Å². The Balaban J connectivity index is 2.33. The van der Waals surface area contributed by atoms with Crippen molar-refractivity contribution in [3.63, 3.8) is 0 Å². The number of benzene rings is 1. The van der Waals surface area contributed by atoms with Crippen LogP contribution in [0.1, 0.15) is 51.0 Å². The predicted octanol–water partition coefficient (Wildman–Crippen LogP) is 2.14. The molecule has 3 N–H and O–H groups in total. The third kappa shape index (κ3) is 10.2. The van der Waals surface area contributed by atoms with Gasteiger partial charge in [-0.1, -0.05) is 18.6 Å². The number of Topliss-reactive ketones (excluding diaryl/α,β-unsaturated/α-hetero) is 1. The lowest BCUT2D eigenvalue weighted by molar-refractivity contribution is -0.119. The number of ketones is 1. The molecule has 1 rings (SSSR count). The first-order valence-corrected chi connectivity index (χ1v) is 8.70. The van der Waals surface area contributed by atoms with Gasteiger partial charge in [-0.05, 0) is 50.3 Å². The van der Waals surface area contributed by atoms with Gasteiger partial charge in [-0.3, -0.25) is 9.59 Å². The number of nitrogens with two attached hydrogens (primary N) is 1. The van der Waals surface area contributed by atoms with Crippen LogP contribution in [0.25, 0.3) is 0 Å². The van der Waals surface area contributed by atoms with Crippen molar-refractivity contribution in [1.29, 1.82) is 0 Å². The van der Waals surface area contributed by atoms with Crippen molar-refractivity contribution >= 4 is 18.1 Å². The summed E-state index contributed by atoms with van der Waals surface area (Å²) in [6, 6.07) is 7.59. The second kappa shape index (κ2) is 12.1. The van der Waals surface area contributed by atoms with Crippen molar-refractivity contribution in [3.05, 3.63) is 29.8 Å². The Labute approximate surface area is 149 Å². The summed E-state index contributed by atoms with van der Waals surface area (Å²) in [4.78, 5) is 32.3. The highest BCUT2D eigenvalue weighted by molar-refractivity contribution is 5.75. The van der Waals surface area contributed by atoms with Crippen LogP contribution in [0.3, 0.4) is 0 Å². The maximum absolute atomic E-state index is 10.9. The molecule has 0 radical (unpaired) electrons. The molecule has 0 aromatic heterocycles. The summed E-state index contributed by atoms with van der Waals surface area (Å²) in [7, 11) is 0. The summed E-state index contributed by atoms with van der Waals surface area (Å²) in [6.07, 6.45) is 5.97. The van der Waals surface area contributed by atoms with Crippen LogP contribution in [-0.4, -0.2) is 30.7 Å². The Kier molecular flexibility index (Phi) is 9.97.